The predicted octanol–water partition coefficient (Wildman–Crippen LogP) is 17.8. The van der Waals surface area contributed by atoms with Gasteiger partial charge in [-0.1, -0.05) is 175 Å². The van der Waals surface area contributed by atoms with E-state index in [0.29, 0.717) is 0 Å². The standard InChI is InChI=1S/C71H51N5/c1-69(2)52-26-13-7-20-40(52)46-34-49-43-23-10-16-30-59(43)74(63(49)37-55(46)69)62-33-19-29-58-66(62)73-68(76-61-32-18-12-25-45(61)51-36-48-42-22-9-15-28-54(42)71(5,6)57(48)39-65(51)76)67(72-58)75-60-31-17-11-24-44(60)50-35-47-41-21-8-14-27-53(41)70(3,4)56(47)38-64(50)75/h7-39H,1-6H3. The van der Waals surface area contributed by atoms with E-state index >= 15 is 0 Å². The van der Waals surface area contributed by atoms with Crippen LogP contribution in [0.1, 0.15) is 74.9 Å². The Bertz CT molecular complexity index is 4970. The first-order valence-electron chi connectivity index (χ1n) is 26.8. The van der Waals surface area contributed by atoms with Crippen LogP contribution in [0.5, 0.6) is 0 Å². The average molecular weight is 974 g/mol. The smallest absolute Gasteiger partial charge is 0.182 e. The summed E-state index contributed by atoms with van der Waals surface area (Å²) in [4.78, 5) is 12.1. The van der Waals surface area contributed by atoms with Gasteiger partial charge >= 0.3 is 0 Å². The van der Waals surface area contributed by atoms with Crippen LogP contribution in [0.2, 0.25) is 0 Å². The molecule has 0 bridgehead atoms. The number of hydrogen-bond acceptors (Lipinski definition) is 2. The lowest BCUT2D eigenvalue weighted by molar-refractivity contribution is 0.660. The van der Waals surface area contributed by atoms with Crippen molar-refractivity contribution < 1.29 is 0 Å². The SMILES string of the molecule is CC1(C)c2ccccc2-c2cc3c4ccccc4n(-c4nc5cccc(-n6c7ccccc7c7cc8c(cc76)C(C)(C)c6ccccc6-8)c5nc4-n4c5ccccc5c5cc6c(cc54)C(C)(C)c4ccccc4-6)c3cc21. The van der Waals surface area contributed by atoms with Crippen molar-refractivity contribution in [3.8, 4) is 50.7 Å². The van der Waals surface area contributed by atoms with Crippen molar-refractivity contribution in [3.63, 3.8) is 0 Å². The number of hydrogen-bond donors (Lipinski definition) is 0. The second-order valence-electron chi connectivity index (χ2n) is 23.3. The van der Waals surface area contributed by atoms with Gasteiger partial charge in [-0.15, -0.1) is 0 Å². The summed E-state index contributed by atoms with van der Waals surface area (Å²) >= 11 is 0. The Hall–Kier alpha value is -9.06. The summed E-state index contributed by atoms with van der Waals surface area (Å²) in [6.07, 6.45) is 0. The Morgan fingerprint density at radius 2 is 0.632 bits per heavy atom. The van der Waals surface area contributed by atoms with E-state index in [1.807, 2.05) is 0 Å². The molecule has 0 saturated heterocycles. The van der Waals surface area contributed by atoms with Gasteiger partial charge in [0.15, 0.2) is 11.6 Å². The molecule has 5 nitrogen and oxygen atoms in total. The summed E-state index contributed by atoms with van der Waals surface area (Å²) in [7, 11) is 0. The second-order valence-corrected chi connectivity index (χ2v) is 23.3. The quantitative estimate of drug-likeness (QED) is 0.177. The molecule has 0 unspecified atom stereocenters. The van der Waals surface area contributed by atoms with Gasteiger partial charge in [-0.05, 0) is 133 Å². The van der Waals surface area contributed by atoms with Crippen LogP contribution in [-0.2, 0) is 16.2 Å². The zero-order chi connectivity index (χ0) is 50.7. The Balaban J connectivity index is 1.02. The van der Waals surface area contributed by atoms with Crippen LogP contribution < -0.4 is 0 Å². The Morgan fingerprint density at radius 1 is 0.276 bits per heavy atom. The van der Waals surface area contributed by atoms with E-state index in [1.165, 1.54) is 99.1 Å². The van der Waals surface area contributed by atoms with Crippen LogP contribution in [0.25, 0.3) is 127 Å². The van der Waals surface area contributed by atoms with Crippen LogP contribution in [0.15, 0.2) is 200 Å². The fourth-order valence-corrected chi connectivity index (χ4v) is 14.7. The number of aromatic nitrogens is 5. The second kappa shape index (κ2) is 14.2. The minimum absolute atomic E-state index is 0.172. The van der Waals surface area contributed by atoms with Gasteiger partial charge in [-0.3, -0.25) is 9.13 Å². The highest BCUT2D eigenvalue weighted by molar-refractivity contribution is 6.15. The lowest BCUT2D eigenvalue weighted by atomic mass is 9.82. The first-order chi connectivity index (χ1) is 37.0. The van der Waals surface area contributed by atoms with Gasteiger partial charge in [0.2, 0.25) is 0 Å². The molecule has 0 aliphatic heterocycles. The number of nitrogens with zero attached hydrogens (tertiary/aromatic N) is 5. The highest BCUT2D eigenvalue weighted by atomic mass is 15.2. The molecule has 3 aliphatic rings. The third kappa shape index (κ3) is 5.16. The topological polar surface area (TPSA) is 40.6 Å². The Kier molecular flexibility index (Phi) is 7.91. The fraction of sp³-hybridized carbons (Fsp3) is 0.127. The van der Waals surface area contributed by atoms with E-state index in [2.05, 4.69) is 255 Å². The molecule has 10 aromatic carbocycles. The molecule has 0 N–H and O–H groups in total. The van der Waals surface area contributed by atoms with Gasteiger partial charge in [-0.2, -0.15) is 0 Å². The molecule has 14 aromatic rings. The summed E-state index contributed by atoms with van der Waals surface area (Å²) in [5.41, 5.74) is 24.7. The van der Waals surface area contributed by atoms with Gasteiger partial charge in [-0.25, -0.2) is 9.97 Å². The maximum atomic E-state index is 6.15. The number of benzene rings is 10. The van der Waals surface area contributed by atoms with Crippen LogP contribution in [0.3, 0.4) is 0 Å². The Labute approximate surface area is 440 Å². The van der Waals surface area contributed by atoms with E-state index in [-0.39, 0.29) is 16.2 Å². The van der Waals surface area contributed by atoms with Gasteiger partial charge in [0.25, 0.3) is 0 Å². The summed E-state index contributed by atoms with van der Waals surface area (Å²) in [6, 6.07) is 74.9. The van der Waals surface area contributed by atoms with E-state index in [9.17, 15) is 0 Å². The summed E-state index contributed by atoms with van der Waals surface area (Å²) in [6.45, 7) is 14.2. The molecule has 0 amide bonds. The summed E-state index contributed by atoms with van der Waals surface area (Å²) < 4.78 is 7.33. The normalized spacial score (nSPS) is 15.3. The van der Waals surface area contributed by atoms with Gasteiger partial charge < -0.3 is 4.57 Å². The number of rotatable bonds is 3. The van der Waals surface area contributed by atoms with Gasteiger partial charge in [0, 0.05) is 48.6 Å². The maximum Gasteiger partial charge on any atom is 0.182 e. The third-order valence-corrected chi connectivity index (χ3v) is 18.4. The van der Waals surface area contributed by atoms with Crippen molar-refractivity contribution in [1.29, 1.82) is 0 Å². The van der Waals surface area contributed by atoms with Gasteiger partial charge in [0.1, 0.15) is 5.52 Å². The molecule has 0 atom stereocenters. The lowest BCUT2D eigenvalue weighted by Crippen LogP contribution is -2.15. The van der Waals surface area contributed by atoms with E-state index in [0.717, 1.165) is 61.5 Å². The minimum atomic E-state index is -0.212. The van der Waals surface area contributed by atoms with Crippen molar-refractivity contribution in [2.75, 3.05) is 0 Å². The molecular formula is C71H51N5. The van der Waals surface area contributed by atoms with Gasteiger partial charge in [0.05, 0.1) is 44.3 Å². The number of fused-ring (bicyclic) bond motifs is 19. The van der Waals surface area contributed by atoms with Crippen molar-refractivity contribution in [2.45, 2.75) is 57.8 Å². The molecule has 0 radical (unpaired) electrons. The summed E-state index contributed by atoms with van der Waals surface area (Å²) in [5, 5.41) is 7.21. The lowest BCUT2D eigenvalue weighted by Gasteiger charge is -2.22. The maximum absolute atomic E-state index is 6.15. The molecule has 0 fully saturated rings. The van der Waals surface area contributed by atoms with Crippen LogP contribution in [0, 0.1) is 0 Å². The van der Waals surface area contributed by atoms with E-state index < -0.39 is 0 Å². The van der Waals surface area contributed by atoms with Crippen LogP contribution >= 0.6 is 0 Å². The van der Waals surface area contributed by atoms with Crippen molar-refractivity contribution in [1.82, 2.24) is 23.7 Å². The average Bonchev–Trinajstić information content (AvgIpc) is 4.38. The van der Waals surface area contributed by atoms with Crippen molar-refractivity contribution in [2.24, 2.45) is 0 Å². The molecule has 0 spiro atoms. The molecule has 4 aromatic heterocycles. The Morgan fingerprint density at radius 3 is 1.07 bits per heavy atom. The highest BCUT2D eigenvalue weighted by Crippen LogP contribution is 2.55. The molecule has 360 valence electrons. The minimum Gasteiger partial charge on any atom is -0.307 e. The van der Waals surface area contributed by atoms with Crippen molar-refractivity contribution in [3.05, 3.63) is 234 Å². The van der Waals surface area contributed by atoms with Crippen molar-refractivity contribution >= 4 is 76.5 Å². The molecule has 17 rings (SSSR count). The molecule has 3 aliphatic carbocycles. The predicted molar refractivity (Wildman–Crippen MR) is 315 cm³/mol. The first kappa shape index (κ1) is 42.3. The van der Waals surface area contributed by atoms with E-state index in [4.69, 9.17) is 9.97 Å². The zero-order valence-electron chi connectivity index (χ0n) is 43.3. The molecule has 0 saturated carbocycles. The number of para-hydroxylation sites is 4. The highest BCUT2D eigenvalue weighted by Gasteiger charge is 2.40. The largest absolute Gasteiger partial charge is 0.307 e. The molecular weight excluding hydrogens is 923 g/mol. The first-order valence-corrected chi connectivity index (χ1v) is 26.8. The monoisotopic (exact) mass is 973 g/mol. The fourth-order valence-electron chi connectivity index (χ4n) is 14.7. The van der Waals surface area contributed by atoms with Crippen LogP contribution in [0.4, 0.5) is 0 Å². The van der Waals surface area contributed by atoms with Crippen LogP contribution in [-0.4, -0.2) is 23.7 Å². The van der Waals surface area contributed by atoms with E-state index in [1.54, 1.807) is 0 Å². The molecule has 5 heteroatoms. The summed E-state index contributed by atoms with van der Waals surface area (Å²) in [5.74, 6) is 1.57. The third-order valence-electron chi connectivity index (χ3n) is 18.4. The molecule has 4 heterocycles. The molecule has 76 heavy (non-hydrogen) atoms. The zero-order valence-corrected chi connectivity index (χ0v) is 43.3.